The number of rotatable bonds is 3. The third-order valence-electron chi connectivity index (χ3n) is 1.90. The molecule has 0 aliphatic carbocycles. The van der Waals surface area contributed by atoms with Gasteiger partial charge in [-0.25, -0.2) is 4.79 Å². The molecular weight excluding hydrogens is 199 g/mol. The number of halogens is 3. The molecule has 0 bridgehead atoms. The highest BCUT2D eigenvalue weighted by atomic mass is 19.4. The van der Waals surface area contributed by atoms with Gasteiger partial charge in [-0.05, 0) is 20.3 Å². The van der Waals surface area contributed by atoms with Gasteiger partial charge in [0.25, 0.3) is 0 Å². The highest BCUT2D eigenvalue weighted by Gasteiger charge is 2.55. The molecule has 6 heteroatoms. The molecule has 0 rings (SSSR count). The molecule has 0 heterocycles. The van der Waals surface area contributed by atoms with E-state index in [0.29, 0.717) is 13.3 Å². The lowest BCUT2D eigenvalue weighted by atomic mass is 10.0. The standard InChI is InChI=1S/C8H14F3NO2/c1-4-5(2)14-6(13)7(3,12)8(9,10)11/h5H,4,12H2,1-3H3. The zero-order valence-electron chi connectivity index (χ0n) is 8.31. The van der Waals surface area contributed by atoms with Gasteiger partial charge in [0.05, 0.1) is 6.10 Å². The second-order valence-electron chi connectivity index (χ2n) is 3.32. The minimum absolute atomic E-state index is 0.444. The van der Waals surface area contributed by atoms with Crippen LogP contribution in [0.1, 0.15) is 27.2 Å². The molecule has 84 valence electrons. The molecule has 0 aliphatic rings. The molecule has 0 saturated heterocycles. The van der Waals surface area contributed by atoms with Crippen molar-refractivity contribution in [1.29, 1.82) is 0 Å². The molecule has 0 aliphatic heterocycles. The van der Waals surface area contributed by atoms with Crippen molar-refractivity contribution in [2.24, 2.45) is 5.73 Å². The van der Waals surface area contributed by atoms with Crippen LogP contribution >= 0.6 is 0 Å². The lowest BCUT2D eigenvalue weighted by Gasteiger charge is -2.26. The van der Waals surface area contributed by atoms with Crippen molar-refractivity contribution < 1.29 is 22.7 Å². The third-order valence-corrected chi connectivity index (χ3v) is 1.90. The zero-order chi connectivity index (χ0) is 11.6. The fourth-order valence-electron chi connectivity index (χ4n) is 0.504. The topological polar surface area (TPSA) is 52.3 Å². The van der Waals surface area contributed by atoms with Crippen LogP contribution in [-0.2, 0) is 9.53 Å². The van der Waals surface area contributed by atoms with Crippen molar-refractivity contribution >= 4 is 5.97 Å². The summed E-state index contributed by atoms with van der Waals surface area (Å²) in [6.07, 6.45) is -4.91. The highest BCUT2D eigenvalue weighted by molar-refractivity contribution is 5.81. The van der Waals surface area contributed by atoms with Gasteiger partial charge in [0.2, 0.25) is 5.54 Å². The molecule has 3 nitrogen and oxygen atoms in total. The van der Waals surface area contributed by atoms with Crippen molar-refractivity contribution in [2.45, 2.75) is 45.0 Å². The number of carbonyl (C=O) groups excluding carboxylic acids is 1. The van der Waals surface area contributed by atoms with Crippen molar-refractivity contribution in [3.05, 3.63) is 0 Å². The average Bonchev–Trinajstić information content (AvgIpc) is 2.01. The lowest BCUT2D eigenvalue weighted by Crippen LogP contribution is -2.58. The van der Waals surface area contributed by atoms with Crippen LogP contribution in [0, 0.1) is 0 Å². The van der Waals surface area contributed by atoms with Crippen molar-refractivity contribution in [1.82, 2.24) is 0 Å². The number of alkyl halides is 3. The Morgan fingerprint density at radius 3 is 2.21 bits per heavy atom. The lowest BCUT2D eigenvalue weighted by molar-refractivity contribution is -0.204. The Morgan fingerprint density at radius 1 is 1.50 bits per heavy atom. The van der Waals surface area contributed by atoms with Gasteiger partial charge in [-0.3, -0.25) is 0 Å². The van der Waals surface area contributed by atoms with Gasteiger partial charge in [-0.1, -0.05) is 6.92 Å². The van der Waals surface area contributed by atoms with E-state index in [0.717, 1.165) is 0 Å². The summed E-state index contributed by atoms with van der Waals surface area (Å²) in [4.78, 5) is 11.0. The van der Waals surface area contributed by atoms with Gasteiger partial charge in [-0.2, -0.15) is 13.2 Å². The van der Waals surface area contributed by atoms with E-state index < -0.39 is 23.8 Å². The molecule has 0 aromatic carbocycles. The number of esters is 1. The van der Waals surface area contributed by atoms with Crippen LogP contribution in [0.25, 0.3) is 0 Å². The predicted octanol–water partition coefficient (Wildman–Crippen LogP) is 1.61. The molecule has 0 fully saturated rings. The fraction of sp³-hybridized carbons (Fsp3) is 0.875. The number of hydrogen-bond donors (Lipinski definition) is 1. The molecule has 0 amide bonds. The van der Waals surface area contributed by atoms with Crippen molar-refractivity contribution in [3.63, 3.8) is 0 Å². The van der Waals surface area contributed by atoms with Gasteiger partial charge in [-0.15, -0.1) is 0 Å². The maximum Gasteiger partial charge on any atom is 0.416 e. The van der Waals surface area contributed by atoms with E-state index in [9.17, 15) is 18.0 Å². The molecule has 0 saturated carbocycles. The van der Waals surface area contributed by atoms with Crippen LogP contribution in [0.2, 0.25) is 0 Å². The largest absolute Gasteiger partial charge is 0.461 e. The molecule has 14 heavy (non-hydrogen) atoms. The summed E-state index contributed by atoms with van der Waals surface area (Å²) in [7, 11) is 0. The van der Waals surface area contributed by atoms with Gasteiger partial charge >= 0.3 is 12.1 Å². The van der Waals surface area contributed by atoms with Crippen molar-refractivity contribution in [2.75, 3.05) is 0 Å². The maximum atomic E-state index is 12.2. The minimum atomic E-state index is -4.79. The molecule has 0 spiro atoms. The number of ether oxygens (including phenoxy) is 1. The summed E-state index contributed by atoms with van der Waals surface area (Å²) in [5.74, 6) is -1.45. The summed E-state index contributed by atoms with van der Waals surface area (Å²) in [6, 6.07) is 0. The van der Waals surface area contributed by atoms with Crippen LogP contribution in [-0.4, -0.2) is 23.8 Å². The van der Waals surface area contributed by atoms with E-state index in [-0.39, 0.29) is 0 Å². The quantitative estimate of drug-likeness (QED) is 0.724. The van der Waals surface area contributed by atoms with Crippen LogP contribution in [0.4, 0.5) is 13.2 Å². The van der Waals surface area contributed by atoms with Crippen LogP contribution < -0.4 is 5.73 Å². The van der Waals surface area contributed by atoms with Gasteiger partial charge < -0.3 is 10.5 Å². The first-order valence-electron chi connectivity index (χ1n) is 4.19. The molecule has 0 aromatic rings. The Bertz CT molecular complexity index is 213. The van der Waals surface area contributed by atoms with E-state index in [1.54, 1.807) is 6.92 Å². The minimum Gasteiger partial charge on any atom is -0.461 e. The van der Waals surface area contributed by atoms with Crippen LogP contribution in [0.5, 0.6) is 0 Å². The molecule has 0 aromatic heterocycles. The summed E-state index contributed by atoms with van der Waals surface area (Å²) in [5, 5.41) is 0. The number of hydrogen-bond acceptors (Lipinski definition) is 3. The van der Waals surface area contributed by atoms with Gasteiger partial charge in [0.15, 0.2) is 0 Å². The molecule has 2 unspecified atom stereocenters. The number of carbonyl (C=O) groups is 1. The second-order valence-corrected chi connectivity index (χ2v) is 3.32. The Kier molecular flexibility index (Phi) is 3.93. The molecule has 2 atom stereocenters. The van der Waals surface area contributed by atoms with E-state index in [2.05, 4.69) is 4.74 Å². The van der Waals surface area contributed by atoms with Crippen LogP contribution in [0.15, 0.2) is 0 Å². The van der Waals surface area contributed by atoms with Crippen LogP contribution in [0.3, 0.4) is 0 Å². The molecule has 0 radical (unpaired) electrons. The SMILES string of the molecule is CCC(C)OC(=O)C(C)(N)C(F)(F)F. The normalized spacial score (nSPS) is 18.5. The summed E-state index contributed by atoms with van der Waals surface area (Å²) in [6.45, 7) is 3.79. The zero-order valence-corrected chi connectivity index (χ0v) is 8.31. The molecular formula is C8H14F3NO2. The summed E-state index contributed by atoms with van der Waals surface area (Å²) < 4.78 is 41.1. The highest BCUT2D eigenvalue weighted by Crippen LogP contribution is 2.29. The Labute approximate surface area is 80.4 Å². The molecule has 2 N–H and O–H groups in total. The summed E-state index contributed by atoms with van der Waals surface area (Å²) in [5.41, 5.74) is 1.91. The third kappa shape index (κ3) is 2.87. The second kappa shape index (κ2) is 4.16. The Morgan fingerprint density at radius 2 is 1.93 bits per heavy atom. The van der Waals surface area contributed by atoms with Gasteiger partial charge in [0, 0.05) is 0 Å². The monoisotopic (exact) mass is 213 g/mol. The number of nitrogens with two attached hydrogens (primary N) is 1. The van der Waals surface area contributed by atoms with E-state index in [1.165, 1.54) is 6.92 Å². The van der Waals surface area contributed by atoms with E-state index in [4.69, 9.17) is 5.73 Å². The Balaban J connectivity index is 4.53. The van der Waals surface area contributed by atoms with E-state index >= 15 is 0 Å². The van der Waals surface area contributed by atoms with Gasteiger partial charge in [0.1, 0.15) is 0 Å². The van der Waals surface area contributed by atoms with E-state index in [1.807, 2.05) is 0 Å². The predicted molar refractivity (Wildman–Crippen MR) is 44.5 cm³/mol. The fourth-order valence-corrected chi connectivity index (χ4v) is 0.504. The van der Waals surface area contributed by atoms with Crippen molar-refractivity contribution in [3.8, 4) is 0 Å². The first-order chi connectivity index (χ1) is 6.13. The smallest absolute Gasteiger partial charge is 0.416 e. The first kappa shape index (κ1) is 13.2. The Hall–Kier alpha value is -0.780. The summed E-state index contributed by atoms with van der Waals surface area (Å²) >= 11 is 0. The first-order valence-corrected chi connectivity index (χ1v) is 4.19. The average molecular weight is 213 g/mol. The maximum absolute atomic E-state index is 12.2.